The normalized spacial score (nSPS) is 11.6. The number of carbonyl (C=O) groups is 3. The van der Waals surface area contributed by atoms with Crippen LogP contribution < -0.4 is 10.6 Å². The molecule has 0 aromatic heterocycles. The molecule has 1 atom stereocenters. The predicted molar refractivity (Wildman–Crippen MR) is 80.0 cm³/mol. The number of nitrogens with zero attached hydrogens (tertiary/aromatic N) is 1. The van der Waals surface area contributed by atoms with Crippen molar-refractivity contribution in [2.75, 3.05) is 27.2 Å². The van der Waals surface area contributed by atoms with E-state index in [9.17, 15) is 14.4 Å². The van der Waals surface area contributed by atoms with E-state index in [0.717, 1.165) is 19.3 Å². The van der Waals surface area contributed by atoms with Gasteiger partial charge in [-0.25, -0.2) is 4.79 Å². The third-order valence-corrected chi connectivity index (χ3v) is 3.20. The number of amides is 3. The maximum absolute atomic E-state index is 11.5. The van der Waals surface area contributed by atoms with Gasteiger partial charge in [-0.3, -0.25) is 9.59 Å². The minimum atomic E-state index is -0.788. The number of urea groups is 1. The summed E-state index contributed by atoms with van der Waals surface area (Å²) < 4.78 is 0. The van der Waals surface area contributed by atoms with Gasteiger partial charge in [-0.15, -0.1) is 0 Å². The highest BCUT2D eigenvalue weighted by Crippen LogP contribution is 2.16. The van der Waals surface area contributed by atoms with Gasteiger partial charge in [0.25, 0.3) is 0 Å². The zero-order valence-electron chi connectivity index (χ0n) is 13.1. The summed E-state index contributed by atoms with van der Waals surface area (Å²) in [7, 11) is 3.25. The molecule has 0 saturated heterocycles. The summed E-state index contributed by atoms with van der Waals surface area (Å²) >= 11 is 0. The first-order valence-electron chi connectivity index (χ1n) is 7.30. The van der Waals surface area contributed by atoms with Crippen molar-refractivity contribution in [3.8, 4) is 0 Å². The molecule has 0 aliphatic rings. The van der Waals surface area contributed by atoms with Crippen LogP contribution in [0.1, 0.15) is 39.0 Å². The number of carboxylic acids is 1. The lowest BCUT2D eigenvalue weighted by Crippen LogP contribution is -2.42. The fourth-order valence-corrected chi connectivity index (χ4v) is 1.94. The van der Waals surface area contributed by atoms with Crippen LogP contribution in [-0.4, -0.2) is 55.1 Å². The van der Waals surface area contributed by atoms with E-state index >= 15 is 0 Å². The minimum absolute atomic E-state index is 0.0315. The Morgan fingerprint density at radius 3 is 2.29 bits per heavy atom. The van der Waals surface area contributed by atoms with Crippen LogP contribution in [0.25, 0.3) is 0 Å². The van der Waals surface area contributed by atoms with Crippen LogP contribution in [0.2, 0.25) is 0 Å². The number of likely N-dealkylation sites (N-methyl/N-ethyl adjacent to an activating group) is 1. The van der Waals surface area contributed by atoms with Crippen LogP contribution in [0.15, 0.2) is 0 Å². The van der Waals surface area contributed by atoms with Crippen molar-refractivity contribution in [2.45, 2.75) is 39.0 Å². The highest BCUT2D eigenvalue weighted by atomic mass is 16.4. The Bertz CT molecular complexity index is 345. The van der Waals surface area contributed by atoms with Crippen molar-refractivity contribution >= 4 is 17.9 Å². The van der Waals surface area contributed by atoms with Gasteiger partial charge in [-0.1, -0.05) is 19.8 Å². The Balaban J connectivity index is 3.88. The Labute approximate surface area is 126 Å². The molecule has 3 N–H and O–H groups in total. The molecule has 0 heterocycles. The topological polar surface area (TPSA) is 98.7 Å². The van der Waals surface area contributed by atoms with Crippen LogP contribution in [0.5, 0.6) is 0 Å². The van der Waals surface area contributed by atoms with Crippen molar-refractivity contribution in [2.24, 2.45) is 5.92 Å². The van der Waals surface area contributed by atoms with E-state index in [1.54, 1.807) is 14.1 Å². The molecule has 1 unspecified atom stereocenters. The van der Waals surface area contributed by atoms with E-state index in [0.29, 0.717) is 18.9 Å². The first kappa shape index (κ1) is 19.2. The van der Waals surface area contributed by atoms with Gasteiger partial charge in [0.05, 0.1) is 6.54 Å². The second-order valence-electron chi connectivity index (χ2n) is 5.27. The van der Waals surface area contributed by atoms with Gasteiger partial charge >= 0.3 is 12.0 Å². The van der Waals surface area contributed by atoms with Crippen LogP contribution in [-0.2, 0) is 9.59 Å². The van der Waals surface area contributed by atoms with E-state index in [1.807, 2.05) is 0 Å². The largest absolute Gasteiger partial charge is 0.481 e. The molecule has 0 radical (unpaired) electrons. The maximum Gasteiger partial charge on any atom is 0.315 e. The highest BCUT2D eigenvalue weighted by molar-refractivity contribution is 5.83. The van der Waals surface area contributed by atoms with Gasteiger partial charge in [-0.05, 0) is 18.8 Å². The van der Waals surface area contributed by atoms with Gasteiger partial charge in [0.2, 0.25) is 5.91 Å². The Morgan fingerprint density at radius 2 is 1.76 bits per heavy atom. The van der Waals surface area contributed by atoms with E-state index in [2.05, 4.69) is 17.6 Å². The smallest absolute Gasteiger partial charge is 0.315 e. The maximum atomic E-state index is 11.5. The van der Waals surface area contributed by atoms with Gasteiger partial charge in [-0.2, -0.15) is 0 Å². The zero-order chi connectivity index (χ0) is 16.3. The van der Waals surface area contributed by atoms with Crippen molar-refractivity contribution in [3.05, 3.63) is 0 Å². The highest BCUT2D eigenvalue weighted by Gasteiger charge is 2.11. The molecule has 0 aromatic rings. The summed E-state index contributed by atoms with van der Waals surface area (Å²) in [5, 5.41) is 13.9. The first-order valence-corrected chi connectivity index (χ1v) is 7.30. The van der Waals surface area contributed by atoms with E-state index in [-0.39, 0.29) is 24.9 Å². The number of nitrogens with one attached hydrogen (secondary N) is 2. The van der Waals surface area contributed by atoms with Gasteiger partial charge in [0.1, 0.15) is 0 Å². The number of carbonyl (C=O) groups excluding carboxylic acids is 2. The lowest BCUT2D eigenvalue weighted by Gasteiger charge is -2.16. The van der Waals surface area contributed by atoms with Crippen molar-refractivity contribution in [1.82, 2.24) is 15.5 Å². The van der Waals surface area contributed by atoms with Crippen LogP contribution in [0.3, 0.4) is 0 Å². The van der Waals surface area contributed by atoms with Crippen LogP contribution >= 0.6 is 0 Å². The third kappa shape index (κ3) is 10.6. The third-order valence-electron chi connectivity index (χ3n) is 3.20. The van der Waals surface area contributed by atoms with E-state index in [1.165, 1.54) is 4.90 Å². The fraction of sp³-hybridized carbons (Fsp3) is 0.786. The predicted octanol–water partition coefficient (Wildman–Crippen LogP) is 1.05. The van der Waals surface area contributed by atoms with E-state index in [4.69, 9.17) is 5.11 Å². The average Bonchev–Trinajstić information content (AvgIpc) is 2.41. The van der Waals surface area contributed by atoms with Crippen molar-refractivity contribution in [1.29, 1.82) is 0 Å². The molecule has 7 nitrogen and oxygen atoms in total. The number of hydrogen-bond donors (Lipinski definition) is 3. The molecule has 0 aliphatic carbocycles. The summed E-state index contributed by atoms with van der Waals surface area (Å²) in [6.45, 7) is 2.50. The molecule has 21 heavy (non-hydrogen) atoms. The standard InChI is InChI=1S/C14H27N3O4/c1-4-5-11(6-7-13(19)20)8-9-15-14(21)16-10-12(18)17(2)3/h11H,4-10H2,1-3H3,(H,19,20)(H2,15,16,21). The number of carboxylic acid groups (broad SMARTS) is 1. The minimum Gasteiger partial charge on any atom is -0.481 e. The monoisotopic (exact) mass is 301 g/mol. The molecule has 0 fully saturated rings. The fourth-order valence-electron chi connectivity index (χ4n) is 1.94. The molecule has 0 spiro atoms. The lowest BCUT2D eigenvalue weighted by molar-refractivity contribution is -0.137. The molecule has 3 amide bonds. The molecule has 0 bridgehead atoms. The first-order chi connectivity index (χ1) is 9.86. The Kier molecular flexibility index (Phi) is 10.0. The summed E-state index contributed by atoms with van der Waals surface area (Å²) in [6.07, 6.45) is 3.49. The second kappa shape index (κ2) is 10.9. The molecule has 0 rings (SSSR count). The molecule has 0 aromatic carbocycles. The van der Waals surface area contributed by atoms with E-state index < -0.39 is 5.97 Å². The second-order valence-corrected chi connectivity index (χ2v) is 5.27. The summed E-state index contributed by atoms with van der Waals surface area (Å²) in [6, 6.07) is -0.376. The number of rotatable bonds is 10. The molecular formula is C14H27N3O4. The zero-order valence-corrected chi connectivity index (χ0v) is 13.1. The summed E-state index contributed by atoms with van der Waals surface area (Å²) in [5.74, 6) is -0.658. The lowest BCUT2D eigenvalue weighted by atomic mass is 9.94. The Hall–Kier alpha value is -1.79. The van der Waals surface area contributed by atoms with Gasteiger partial charge in [0.15, 0.2) is 0 Å². The Morgan fingerprint density at radius 1 is 1.10 bits per heavy atom. The molecular weight excluding hydrogens is 274 g/mol. The summed E-state index contributed by atoms with van der Waals surface area (Å²) in [4.78, 5) is 34.8. The molecule has 0 aliphatic heterocycles. The molecule has 0 saturated carbocycles. The van der Waals surface area contributed by atoms with Crippen molar-refractivity contribution in [3.63, 3.8) is 0 Å². The van der Waals surface area contributed by atoms with Gasteiger partial charge < -0.3 is 20.6 Å². The van der Waals surface area contributed by atoms with Crippen LogP contribution in [0, 0.1) is 5.92 Å². The van der Waals surface area contributed by atoms with Gasteiger partial charge in [0, 0.05) is 27.1 Å². The SMILES string of the molecule is CCCC(CCNC(=O)NCC(=O)N(C)C)CCC(=O)O. The van der Waals surface area contributed by atoms with Crippen molar-refractivity contribution < 1.29 is 19.5 Å². The quantitative estimate of drug-likeness (QED) is 0.561. The molecule has 122 valence electrons. The average molecular weight is 301 g/mol. The summed E-state index contributed by atoms with van der Waals surface area (Å²) in [5.41, 5.74) is 0. The number of hydrogen-bond acceptors (Lipinski definition) is 3. The number of aliphatic carboxylic acids is 1. The van der Waals surface area contributed by atoms with Crippen LogP contribution in [0.4, 0.5) is 4.79 Å². The molecule has 7 heteroatoms.